The molecule has 0 N–H and O–H groups in total. The molecule has 3 rings (SSSR count). The minimum absolute atomic E-state index is 0.0626. The average molecular weight is 434 g/mol. The molecule has 0 aliphatic heterocycles. The highest BCUT2D eigenvalue weighted by atomic mass is 31.1. The first kappa shape index (κ1) is 23.2. The van der Waals surface area contributed by atoms with Crippen molar-refractivity contribution in [1.82, 2.24) is 0 Å². The predicted octanol–water partition coefficient (Wildman–Crippen LogP) is 5.96. The van der Waals surface area contributed by atoms with Crippen LogP contribution in [-0.4, -0.2) is 20.1 Å². The van der Waals surface area contributed by atoms with Gasteiger partial charge in [0.15, 0.2) is 6.79 Å². The zero-order valence-electron chi connectivity index (χ0n) is 19.3. The van der Waals surface area contributed by atoms with Gasteiger partial charge in [-0.05, 0) is 59.5 Å². The molecule has 0 heterocycles. The van der Waals surface area contributed by atoms with E-state index in [1.54, 1.807) is 7.11 Å². The average Bonchev–Trinajstić information content (AvgIpc) is 2.73. The number of hydrogen-bond donors (Lipinski definition) is 0. The molecule has 3 nitrogen and oxygen atoms in total. The zero-order chi connectivity index (χ0) is 22.4. The van der Waals surface area contributed by atoms with E-state index in [2.05, 4.69) is 65.0 Å². The quantitative estimate of drug-likeness (QED) is 0.261. The molecule has 0 aliphatic rings. The van der Waals surface area contributed by atoms with Crippen LogP contribution in [-0.2, 0) is 10.2 Å². The Hall–Kier alpha value is -2.48. The molecule has 4 heteroatoms. The van der Waals surface area contributed by atoms with Crippen molar-refractivity contribution in [2.45, 2.75) is 40.0 Å². The Kier molecular flexibility index (Phi) is 7.64. The number of rotatable bonds is 7. The summed E-state index contributed by atoms with van der Waals surface area (Å²) in [6, 6.07) is 21.0. The highest BCUT2D eigenvalue weighted by Gasteiger charge is 2.19. The van der Waals surface area contributed by atoms with Crippen molar-refractivity contribution in [3.05, 3.63) is 82.9 Å². The van der Waals surface area contributed by atoms with E-state index in [1.807, 2.05) is 36.5 Å². The van der Waals surface area contributed by atoms with Crippen LogP contribution in [0.25, 0.3) is 0 Å². The van der Waals surface area contributed by atoms with E-state index >= 15 is 0 Å². The van der Waals surface area contributed by atoms with Crippen molar-refractivity contribution in [3.63, 3.8) is 0 Å². The van der Waals surface area contributed by atoms with Crippen molar-refractivity contribution in [2.24, 2.45) is 4.99 Å². The lowest BCUT2D eigenvalue weighted by Gasteiger charge is -2.24. The molecule has 3 aromatic rings. The van der Waals surface area contributed by atoms with Gasteiger partial charge >= 0.3 is 0 Å². The fourth-order valence-electron chi connectivity index (χ4n) is 3.37. The van der Waals surface area contributed by atoms with Crippen molar-refractivity contribution >= 4 is 31.1 Å². The summed E-state index contributed by atoms with van der Waals surface area (Å²) in [6.07, 6.45) is 1.97. The monoisotopic (exact) mass is 433 g/mol. The standard InChI is InChI=1S/C27H32NO2P/c1-19-11-10-12-21(17-28-23-13-8-7-9-14-23)26(19)31-24-16-22(27(3,4)5)15-20(2)25(24)30-18-29-6/h7-17,31H,18H2,1-6H3/b28-17+. The Morgan fingerprint density at radius 3 is 2.35 bits per heavy atom. The van der Waals surface area contributed by atoms with Gasteiger partial charge in [0.05, 0.1) is 5.69 Å². The second-order valence-electron chi connectivity index (χ2n) is 8.73. The van der Waals surface area contributed by atoms with Gasteiger partial charge in [-0.25, -0.2) is 0 Å². The van der Waals surface area contributed by atoms with E-state index in [0.717, 1.165) is 22.6 Å². The third kappa shape index (κ3) is 6.03. The molecular formula is C27H32NO2P. The van der Waals surface area contributed by atoms with Crippen molar-refractivity contribution < 1.29 is 9.47 Å². The van der Waals surface area contributed by atoms with Crippen LogP contribution in [0.2, 0.25) is 0 Å². The number of hydrogen-bond acceptors (Lipinski definition) is 3. The number of ether oxygens (including phenoxy) is 2. The van der Waals surface area contributed by atoms with Gasteiger partial charge in [0.1, 0.15) is 5.75 Å². The summed E-state index contributed by atoms with van der Waals surface area (Å²) in [5, 5.41) is 2.49. The Bertz CT molecular complexity index is 1050. The number of methoxy groups -OCH3 is 1. The van der Waals surface area contributed by atoms with Crippen molar-refractivity contribution in [2.75, 3.05) is 13.9 Å². The smallest absolute Gasteiger partial charge is 0.188 e. The first-order valence-corrected chi connectivity index (χ1v) is 11.5. The maximum atomic E-state index is 6.02. The van der Waals surface area contributed by atoms with Gasteiger partial charge in [0, 0.05) is 24.2 Å². The molecule has 0 radical (unpaired) electrons. The summed E-state index contributed by atoms with van der Waals surface area (Å²) in [4.78, 5) is 4.69. The Morgan fingerprint density at radius 2 is 1.68 bits per heavy atom. The molecule has 0 amide bonds. The molecule has 162 valence electrons. The van der Waals surface area contributed by atoms with E-state index < -0.39 is 0 Å². The Balaban J connectivity index is 2.05. The topological polar surface area (TPSA) is 30.8 Å². The predicted molar refractivity (Wildman–Crippen MR) is 135 cm³/mol. The van der Waals surface area contributed by atoms with Gasteiger partial charge in [-0.3, -0.25) is 4.99 Å². The van der Waals surface area contributed by atoms with Crippen molar-refractivity contribution in [1.29, 1.82) is 0 Å². The summed E-state index contributed by atoms with van der Waals surface area (Å²) in [7, 11) is 2.11. The normalized spacial score (nSPS) is 12.2. The van der Waals surface area contributed by atoms with E-state index in [9.17, 15) is 0 Å². The van der Waals surface area contributed by atoms with E-state index in [-0.39, 0.29) is 12.2 Å². The summed E-state index contributed by atoms with van der Waals surface area (Å²) in [6.45, 7) is 11.3. The molecule has 0 bridgehead atoms. The van der Waals surface area contributed by atoms with Crippen LogP contribution in [0.5, 0.6) is 5.75 Å². The van der Waals surface area contributed by atoms with E-state index in [4.69, 9.17) is 14.5 Å². The zero-order valence-corrected chi connectivity index (χ0v) is 20.3. The molecule has 0 saturated carbocycles. The molecule has 0 aromatic heterocycles. The fraction of sp³-hybridized carbons (Fsp3) is 0.296. The molecule has 0 aliphatic carbocycles. The van der Waals surface area contributed by atoms with Crippen LogP contribution in [0.1, 0.15) is 43.0 Å². The van der Waals surface area contributed by atoms with Crippen LogP contribution in [0.15, 0.2) is 65.7 Å². The lowest BCUT2D eigenvalue weighted by molar-refractivity contribution is 0.0514. The maximum Gasteiger partial charge on any atom is 0.188 e. The molecule has 1 atom stereocenters. The largest absolute Gasteiger partial charge is 0.467 e. The molecular weight excluding hydrogens is 401 g/mol. The Morgan fingerprint density at radius 1 is 0.935 bits per heavy atom. The van der Waals surface area contributed by atoms with Gasteiger partial charge in [-0.15, -0.1) is 0 Å². The number of nitrogens with zero attached hydrogens (tertiary/aromatic N) is 1. The summed E-state index contributed by atoms with van der Waals surface area (Å²) in [5.41, 5.74) is 5.86. The molecule has 31 heavy (non-hydrogen) atoms. The van der Waals surface area contributed by atoms with E-state index in [1.165, 1.54) is 21.7 Å². The van der Waals surface area contributed by atoms with Crippen molar-refractivity contribution in [3.8, 4) is 5.75 Å². The highest BCUT2D eigenvalue weighted by Crippen LogP contribution is 2.31. The minimum Gasteiger partial charge on any atom is -0.467 e. The molecule has 0 saturated heterocycles. The lowest BCUT2D eigenvalue weighted by Crippen LogP contribution is -2.19. The van der Waals surface area contributed by atoms with E-state index in [0.29, 0.717) is 8.58 Å². The lowest BCUT2D eigenvalue weighted by atomic mass is 9.86. The first-order chi connectivity index (χ1) is 14.8. The number of aliphatic imine (C=N–C) groups is 1. The number of aryl methyl sites for hydroxylation is 2. The minimum atomic E-state index is 0.0626. The van der Waals surface area contributed by atoms with Crippen LogP contribution in [0, 0.1) is 13.8 Å². The van der Waals surface area contributed by atoms with Crippen LogP contribution in [0.3, 0.4) is 0 Å². The second kappa shape index (κ2) is 10.2. The van der Waals surface area contributed by atoms with Crippen LogP contribution in [0.4, 0.5) is 5.69 Å². The van der Waals surface area contributed by atoms with Gasteiger partial charge in [-0.1, -0.05) is 71.8 Å². The third-order valence-corrected chi connectivity index (χ3v) is 6.71. The van der Waals surface area contributed by atoms with Gasteiger partial charge < -0.3 is 9.47 Å². The SMILES string of the molecule is COCOc1c(C)cc(C(C)(C)C)cc1Pc1c(C)cccc1/C=N/c1ccccc1. The van der Waals surface area contributed by atoms with Gasteiger partial charge in [-0.2, -0.15) is 0 Å². The first-order valence-electron chi connectivity index (χ1n) is 10.5. The van der Waals surface area contributed by atoms with Crippen LogP contribution >= 0.6 is 8.58 Å². The molecule has 3 aromatic carbocycles. The molecule has 0 fully saturated rings. The number of para-hydroxylation sites is 1. The highest BCUT2D eigenvalue weighted by molar-refractivity contribution is 7.56. The number of benzene rings is 3. The second-order valence-corrected chi connectivity index (χ2v) is 10.0. The fourth-order valence-corrected chi connectivity index (χ4v) is 4.82. The van der Waals surface area contributed by atoms with Gasteiger partial charge in [0.25, 0.3) is 0 Å². The summed E-state index contributed by atoms with van der Waals surface area (Å²) in [5.74, 6) is 0.919. The molecule has 0 spiro atoms. The summed E-state index contributed by atoms with van der Waals surface area (Å²) >= 11 is 0. The molecule has 1 unspecified atom stereocenters. The van der Waals surface area contributed by atoms with Gasteiger partial charge in [0.2, 0.25) is 0 Å². The maximum absolute atomic E-state index is 6.02. The summed E-state index contributed by atoms with van der Waals surface area (Å²) < 4.78 is 11.2. The third-order valence-electron chi connectivity index (χ3n) is 5.14. The van der Waals surface area contributed by atoms with Crippen LogP contribution < -0.4 is 15.3 Å². The Labute approximate surface area is 188 Å².